The standard InChI is InChI=1S/C18H13Cl3O4S/c19-14-6-10-17(11-7-14)26(25-21(22,23)24,16-4-2-1-3-5-16)18-12-8-15(20)9-13-18/h1-13H. The van der Waals surface area contributed by atoms with Crippen molar-refractivity contribution in [2.45, 2.75) is 14.7 Å². The number of benzene rings is 3. The lowest BCUT2D eigenvalue weighted by atomic mass is 10.3. The summed E-state index contributed by atoms with van der Waals surface area (Å²) in [5, 5.41) is 0.961. The van der Waals surface area contributed by atoms with Crippen molar-refractivity contribution >= 4 is 33.5 Å². The molecule has 0 aliphatic rings. The molecule has 3 aromatic rings. The van der Waals surface area contributed by atoms with Crippen molar-refractivity contribution in [1.29, 1.82) is 0 Å². The molecular formula is C18H13Cl3O4S. The van der Waals surface area contributed by atoms with Gasteiger partial charge in [0.2, 0.25) is 0 Å². The number of hydrogen-bond donors (Lipinski definition) is 0. The summed E-state index contributed by atoms with van der Waals surface area (Å²) in [7, 11) is -7.57. The van der Waals surface area contributed by atoms with Crippen LogP contribution in [0, 0.1) is 10.2 Å². The molecule has 3 aromatic carbocycles. The normalized spacial score (nSPS) is 12.8. The fraction of sp³-hybridized carbons (Fsp3) is 0. The van der Waals surface area contributed by atoms with Gasteiger partial charge in [-0.05, 0) is 60.7 Å². The average Bonchev–Trinajstić information content (AvgIpc) is 2.61. The van der Waals surface area contributed by atoms with Crippen molar-refractivity contribution in [3.8, 4) is 0 Å². The molecule has 0 fully saturated rings. The van der Waals surface area contributed by atoms with Gasteiger partial charge in [-0.1, -0.05) is 41.4 Å². The minimum Gasteiger partial charge on any atom is -0.182 e. The van der Waals surface area contributed by atoms with Gasteiger partial charge in [0, 0.05) is 24.7 Å². The van der Waals surface area contributed by atoms with Gasteiger partial charge in [0.15, 0.2) is 0 Å². The van der Waals surface area contributed by atoms with Gasteiger partial charge in [-0.25, -0.2) is 0 Å². The average molecular weight is 432 g/mol. The molecule has 0 heterocycles. The topological polar surface area (TPSA) is 78.4 Å². The van der Waals surface area contributed by atoms with Crippen molar-refractivity contribution in [2.75, 3.05) is 0 Å². The van der Waals surface area contributed by atoms with E-state index in [2.05, 4.69) is 0 Å². The maximum Gasteiger partial charge on any atom is 0.134 e. The van der Waals surface area contributed by atoms with Crippen LogP contribution in [0.1, 0.15) is 0 Å². The zero-order valence-corrected chi connectivity index (χ0v) is 16.3. The smallest absolute Gasteiger partial charge is 0.134 e. The zero-order chi connectivity index (χ0) is 18.8. The van der Waals surface area contributed by atoms with E-state index in [1.54, 1.807) is 78.9 Å². The second-order valence-electron chi connectivity index (χ2n) is 5.22. The van der Waals surface area contributed by atoms with E-state index in [9.17, 15) is 14.0 Å². The van der Waals surface area contributed by atoms with Crippen molar-refractivity contribution in [2.24, 2.45) is 0 Å². The maximum absolute atomic E-state index is 11.7. The minimum absolute atomic E-state index is 0.480. The van der Waals surface area contributed by atoms with Crippen LogP contribution in [0.5, 0.6) is 0 Å². The summed E-state index contributed by atoms with van der Waals surface area (Å²) in [5.41, 5.74) is 0. The monoisotopic (exact) mass is 430 g/mol. The molecule has 0 unspecified atom stereocenters. The molecule has 0 saturated heterocycles. The zero-order valence-electron chi connectivity index (χ0n) is 13.2. The Kier molecular flexibility index (Phi) is 5.81. The van der Waals surface area contributed by atoms with Crippen LogP contribution >= 0.6 is 33.5 Å². The lowest BCUT2D eigenvalue weighted by Crippen LogP contribution is -2.61. The molecule has 26 heavy (non-hydrogen) atoms. The molecule has 0 aromatic heterocycles. The van der Waals surface area contributed by atoms with Crippen LogP contribution in [0.4, 0.5) is 0 Å². The highest BCUT2D eigenvalue weighted by Gasteiger charge is 2.46. The Morgan fingerprint density at radius 1 is 0.615 bits per heavy atom. The Hall–Kier alpha value is -1.28. The van der Waals surface area contributed by atoms with Gasteiger partial charge >= 0.3 is 0 Å². The Morgan fingerprint density at radius 3 is 1.38 bits per heavy atom. The Labute approximate surface area is 164 Å². The van der Waals surface area contributed by atoms with E-state index in [0.29, 0.717) is 24.7 Å². The molecule has 0 amide bonds. The van der Waals surface area contributed by atoms with Crippen molar-refractivity contribution in [1.82, 2.24) is 0 Å². The lowest BCUT2D eigenvalue weighted by Gasteiger charge is -2.34. The Bertz CT molecular complexity index is 820. The molecule has 4 nitrogen and oxygen atoms in total. The second kappa shape index (κ2) is 7.76. The van der Waals surface area contributed by atoms with Gasteiger partial charge < -0.3 is 0 Å². The third kappa shape index (κ3) is 4.17. The maximum atomic E-state index is 11.7. The molecule has 8 heteroatoms. The van der Waals surface area contributed by atoms with E-state index < -0.39 is 20.6 Å². The van der Waals surface area contributed by atoms with E-state index >= 15 is 0 Å². The third-order valence-corrected chi connectivity index (χ3v) is 8.22. The second-order valence-corrected chi connectivity index (χ2v) is 9.88. The SMILES string of the molecule is [O-][Cl+3]([O-])([O-])OS(c1ccccc1)(c1ccc(Cl)cc1)c1ccc(Cl)cc1. The summed E-state index contributed by atoms with van der Waals surface area (Å²) in [6.07, 6.45) is 0. The number of rotatable bonds is 5. The van der Waals surface area contributed by atoms with E-state index in [-0.39, 0.29) is 0 Å². The molecule has 0 saturated carbocycles. The first kappa shape index (κ1) is 19.5. The van der Waals surface area contributed by atoms with Gasteiger partial charge in [-0.3, -0.25) is 0 Å². The molecule has 0 N–H and O–H groups in total. The van der Waals surface area contributed by atoms with Gasteiger partial charge in [-0.15, -0.1) is 0 Å². The summed E-state index contributed by atoms with van der Waals surface area (Å²) >= 11 is 12.0. The van der Waals surface area contributed by atoms with Crippen molar-refractivity contribution < 1.29 is 28.0 Å². The molecule has 0 aliphatic heterocycles. The molecular weight excluding hydrogens is 419 g/mol. The van der Waals surface area contributed by atoms with Crippen LogP contribution in [0.3, 0.4) is 0 Å². The van der Waals surface area contributed by atoms with Gasteiger partial charge in [0.05, 0.1) is 20.6 Å². The fourth-order valence-electron chi connectivity index (χ4n) is 2.50. The highest BCUT2D eigenvalue weighted by molar-refractivity contribution is 8.29. The first-order valence-corrected chi connectivity index (χ1v) is 10.9. The van der Waals surface area contributed by atoms with E-state index in [1.165, 1.54) is 0 Å². The van der Waals surface area contributed by atoms with Crippen LogP contribution in [-0.4, -0.2) is 0 Å². The van der Waals surface area contributed by atoms with Gasteiger partial charge in [0.25, 0.3) is 0 Å². The predicted molar refractivity (Wildman–Crippen MR) is 92.8 cm³/mol. The first-order valence-electron chi connectivity index (χ1n) is 7.33. The predicted octanol–water partition coefficient (Wildman–Crippen LogP) is 3.10. The summed E-state index contributed by atoms with van der Waals surface area (Å²) in [6, 6.07) is 21.8. The first-order chi connectivity index (χ1) is 12.3. The fourth-order valence-corrected chi connectivity index (χ4v) is 6.94. The largest absolute Gasteiger partial charge is 0.182 e. The quantitative estimate of drug-likeness (QED) is 0.622. The van der Waals surface area contributed by atoms with E-state index in [0.717, 1.165) is 0 Å². The lowest BCUT2D eigenvalue weighted by molar-refractivity contribution is -1.91. The minimum atomic E-state index is -4.71. The van der Waals surface area contributed by atoms with Crippen LogP contribution in [-0.2, 0) is 3.74 Å². The van der Waals surface area contributed by atoms with E-state index in [1.807, 2.05) is 0 Å². The molecule has 3 rings (SSSR count). The summed E-state index contributed by atoms with van der Waals surface area (Å²) in [4.78, 5) is 1.58. The summed E-state index contributed by atoms with van der Waals surface area (Å²) in [6.45, 7) is 0. The molecule has 0 bridgehead atoms. The van der Waals surface area contributed by atoms with Gasteiger partial charge in [0.1, 0.15) is 3.74 Å². The molecule has 0 spiro atoms. The summed E-state index contributed by atoms with van der Waals surface area (Å²) < 4.78 is 40.2. The Balaban J connectivity index is 2.33. The molecule has 0 atom stereocenters. The van der Waals surface area contributed by atoms with Crippen LogP contribution in [0.15, 0.2) is 93.5 Å². The van der Waals surface area contributed by atoms with Crippen molar-refractivity contribution in [3.05, 3.63) is 88.9 Å². The van der Waals surface area contributed by atoms with Crippen LogP contribution in [0.2, 0.25) is 10.0 Å². The number of halogens is 3. The molecule has 0 radical (unpaired) electrons. The van der Waals surface area contributed by atoms with Crippen LogP contribution < -0.4 is 14.0 Å². The molecule has 136 valence electrons. The Morgan fingerprint density at radius 2 is 1.00 bits per heavy atom. The van der Waals surface area contributed by atoms with Crippen LogP contribution in [0.25, 0.3) is 0 Å². The van der Waals surface area contributed by atoms with E-state index in [4.69, 9.17) is 26.9 Å². The highest BCUT2D eigenvalue weighted by Crippen LogP contribution is 2.70. The van der Waals surface area contributed by atoms with Crippen molar-refractivity contribution in [3.63, 3.8) is 0 Å². The van der Waals surface area contributed by atoms with Gasteiger partial charge in [-0.2, -0.15) is 14.0 Å². The highest BCUT2D eigenvalue weighted by atomic mass is 35.7. The molecule has 0 aliphatic carbocycles. The number of hydrogen-bond acceptors (Lipinski definition) is 4. The third-order valence-electron chi connectivity index (χ3n) is 3.54. The summed E-state index contributed by atoms with van der Waals surface area (Å²) in [5.74, 6) is 0.